The lowest BCUT2D eigenvalue weighted by Crippen LogP contribution is -2.39. The van der Waals surface area contributed by atoms with Crippen LogP contribution in [0.3, 0.4) is 0 Å². The molecule has 0 aromatic carbocycles. The summed E-state index contributed by atoms with van der Waals surface area (Å²) in [6.07, 6.45) is 9.09. The number of aliphatic hydroxyl groups is 1. The summed E-state index contributed by atoms with van der Waals surface area (Å²) < 4.78 is 0. The number of nitrogens with one attached hydrogen (secondary N) is 3. The zero-order valence-corrected chi connectivity index (χ0v) is 17.0. The van der Waals surface area contributed by atoms with Gasteiger partial charge in [0.05, 0.1) is 11.7 Å². The van der Waals surface area contributed by atoms with Gasteiger partial charge in [0, 0.05) is 31.2 Å². The van der Waals surface area contributed by atoms with Gasteiger partial charge in [-0.25, -0.2) is 4.98 Å². The first-order valence-electron chi connectivity index (χ1n) is 10.6. The monoisotopic (exact) mass is 404 g/mol. The second-order valence-electron chi connectivity index (χ2n) is 8.23. The van der Waals surface area contributed by atoms with E-state index in [1.807, 2.05) is 0 Å². The predicted octanol–water partition coefficient (Wildman–Crippen LogP) is 1.54. The smallest absolute Gasteiger partial charge is 0.254 e. The molecule has 9 nitrogen and oxygen atoms in total. The molecule has 6 N–H and O–H groups in total. The van der Waals surface area contributed by atoms with Crippen molar-refractivity contribution in [3.8, 4) is 0 Å². The van der Waals surface area contributed by atoms with Crippen molar-refractivity contribution >= 4 is 23.6 Å². The molecule has 2 amide bonds. The molecule has 2 aliphatic carbocycles. The van der Waals surface area contributed by atoms with Gasteiger partial charge in [0.2, 0.25) is 11.9 Å². The van der Waals surface area contributed by atoms with Gasteiger partial charge in [0.15, 0.2) is 0 Å². The Labute approximate surface area is 171 Å². The van der Waals surface area contributed by atoms with Crippen LogP contribution >= 0.6 is 0 Å². The summed E-state index contributed by atoms with van der Waals surface area (Å²) in [5.41, 5.74) is 5.76. The van der Waals surface area contributed by atoms with Gasteiger partial charge in [0.25, 0.3) is 5.91 Å². The molecule has 0 bridgehead atoms. The maximum atomic E-state index is 11.8. The summed E-state index contributed by atoms with van der Waals surface area (Å²) in [5.74, 6) is 0.297. The van der Waals surface area contributed by atoms with E-state index < -0.39 is 5.91 Å². The van der Waals surface area contributed by atoms with Gasteiger partial charge < -0.3 is 26.8 Å². The zero-order valence-electron chi connectivity index (χ0n) is 17.0. The van der Waals surface area contributed by atoms with Gasteiger partial charge in [0.1, 0.15) is 5.82 Å². The van der Waals surface area contributed by atoms with Crippen molar-refractivity contribution in [1.29, 1.82) is 0 Å². The highest BCUT2D eigenvalue weighted by molar-refractivity contribution is 5.97. The Hall–Kier alpha value is -2.42. The van der Waals surface area contributed by atoms with E-state index in [1.54, 1.807) is 6.92 Å². The minimum Gasteiger partial charge on any atom is -0.393 e. The average Bonchev–Trinajstić information content (AvgIpc) is 2.86. The van der Waals surface area contributed by atoms with Crippen molar-refractivity contribution in [3.05, 3.63) is 11.8 Å². The van der Waals surface area contributed by atoms with Crippen LogP contribution in [-0.2, 0) is 4.79 Å². The molecule has 2 atom stereocenters. The highest BCUT2D eigenvalue weighted by Gasteiger charge is 2.24. The normalized spacial score (nSPS) is 27.5. The topological polar surface area (TPSA) is 142 Å². The first kappa shape index (κ1) is 21.3. The second-order valence-corrected chi connectivity index (χ2v) is 8.23. The van der Waals surface area contributed by atoms with Crippen LogP contribution in [-0.4, -0.2) is 51.1 Å². The summed E-state index contributed by atoms with van der Waals surface area (Å²) in [4.78, 5) is 31.8. The molecule has 2 aliphatic rings. The number of aliphatic hydroxyl groups excluding tert-OH is 1. The fraction of sp³-hybridized carbons (Fsp3) is 0.700. The van der Waals surface area contributed by atoms with E-state index in [0.717, 1.165) is 51.4 Å². The minimum absolute atomic E-state index is 0.00568. The van der Waals surface area contributed by atoms with Crippen molar-refractivity contribution in [3.63, 3.8) is 0 Å². The van der Waals surface area contributed by atoms with Crippen LogP contribution in [0.1, 0.15) is 75.1 Å². The number of nitrogens with two attached hydrogens (primary N) is 1. The lowest BCUT2D eigenvalue weighted by molar-refractivity contribution is -0.119. The minimum atomic E-state index is -0.580. The van der Waals surface area contributed by atoms with Crippen LogP contribution in [0.4, 0.5) is 11.8 Å². The SMILES string of the molecule is CC(=O)NC1CCC(Nc2ncc(C(N)=O)c(N[C@@H]3CCCC[C@H](O)C3)n2)CC1. The molecule has 0 radical (unpaired) electrons. The fourth-order valence-electron chi connectivity index (χ4n) is 4.25. The standard InChI is InChI=1S/C20H32N6O3/c1-12(27)23-13-6-8-14(9-7-13)25-20-22-11-17(18(21)29)19(26-20)24-15-4-2-3-5-16(28)10-15/h11,13-16,28H,2-10H2,1H3,(H2,21,29)(H,23,27)(H2,22,24,25,26)/t13?,14?,15-,16+/m1/s1. The predicted molar refractivity (Wildman–Crippen MR) is 111 cm³/mol. The van der Waals surface area contributed by atoms with Crippen molar-refractivity contribution in [1.82, 2.24) is 15.3 Å². The van der Waals surface area contributed by atoms with Crippen molar-refractivity contribution < 1.29 is 14.7 Å². The van der Waals surface area contributed by atoms with E-state index in [4.69, 9.17) is 5.73 Å². The van der Waals surface area contributed by atoms with E-state index >= 15 is 0 Å². The number of nitrogens with zero attached hydrogens (tertiary/aromatic N) is 2. The number of rotatable bonds is 6. The molecule has 2 saturated carbocycles. The molecule has 1 aromatic rings. The molecule has 160 valence electrons. The molecule has 1 aromatic heterocycles. The molecule has 9 heteroatoms. The lowest BCUT2D eigenvalue weighted by atomic mass is 9.91. The van der Waals surface area contributed by atoms with Crippen LogP contribution in [0.15, 0.2) is 6.20 Å². The maximum Gasteiger partial charge on any atom is 0.254 e. The number of primary amides is 1. The van der Waals surface area contributed by atoms with Gasteiger partial charge in [-0.15, -0.1) is 0 Å². The Bertz CT molecular complexity index is 720. The van der Waals surface area contributed by atoms with Crippen LogP contribution < -0.4 is 21.7 Å². The molecular formula is C20H32N6O3. The van der Waals surface area contributed by atoms with Crippen molar-refractivity contribution in [2.24, 2.45) is 5.73 Å². The average molecular weight is 405 g/mol. The largest absolute Gasteiger partial charge is 0.393 e. The van der Waals surface area contributed by atoms with Crippen LogP contribution in [0.25, 0.3) is 0 Å². The van der Waals surface area contributed by atoms with E-state index in [1.165, 1.54) is 6.20 Å². The molecule has 29 heavy (non-hydrogen) atoms. The van der Waals surface area contributed by atoms with E-state index in [2.05, 4.69) is 25.9 Å². The highest BCUT2D eigenvalue weighted by atomic mass is 16.3. The lowest BCUT2D eigenvalue weighted by Gasteiger charge is -2.29. The molecular weight excluding hydrogens is 372 g/mol. The number of hydrogen-bond acceptors (Lipinski definition) is 7. The first-order valence-corrected chi connectivity index (χ1v) is 10.6. The summed E-state index contributed by atoms with van der Waals surface area (Å²) in [6.45, 7) is 1.54. The summed E-state index contributed by atoms with van der Waals surface area (Å²) in [5, 5.41) is 19.7. The van der Waals surface area contributed by atoms with Gasteiger partial charge in [-0.05, 0) is 44.9 Å². The van der Waals surface area contributed by atoms with E-state index in [0.29, 0.717) is 18.2 Å². The molecule has 0 spiro atoms. The molecule has 0 aliphatic heterocycles. The number of aromatic nitrogens is 2. The first-order chi connectivity index (χ1) is 13.9. The van der Waals surface area contributed by atoms with Crippen LogP contribution in [0.2, 0.25) is 0 Å². The Kier molecular flexibility index (Phi) is 7.24. The Morgan fingerprint density at radius 1 is 1.03 bits per heavy atom. The molecule has 1 heterocycles. The summed E-state index contributed by atoms with van der Waals surface area (Å²) in [7, 11) is 0. The Balaban J connectivity index is 1.65. The molecule has 3 rings (SSSR count). The molecule has 0 saturated heterocycles. The number of amides is 2. The number of carbonyl (C=O) groups excluding carboxylic acids is 2. The highest BCUT2D eigenvalue weighted by Crippen LogP contribution is 2.25. The summed E-state index contributed by atoms with van der Waals surface area (Å²) >= 11 is 0. The van der Waals surface area contributed by atoms with Gasteiger partial charge >= 0.3 is 0 Å². The third-order valence-electron chi connectivity index (χ3n) is 5.76. The molecule has 2 fully saturated rings. The maximum absolute atomic E-state index is 11.8. The number of anilines is 2. The zero-order chi connectivity index (χ0) is 20.8. The van der Waals surface area contributed by atoms with Crippen LogP contribution in [0, 0.1) is 0 Å². The summed E-state index contributed by atoms with van der Waals surface area (Å²) in [6, 6.07) is 0.482. The Morgan fingerprint density at radius 3 is 2.41 bits per heavy atom. The van der Waals surface area contributed by atoms with E-state index in [-0.39, 0.29) is 35.7 Å². The van der Waals surface area contributed by atoms with Crippen LogP contribution in [0.5, 0.6) is 0 Å². The second kappa shape index (κ2) is 9.87. The third-order valence-corrected chi connectivity index (χ3v) is 5.76. The molecule has 0 unspecified atom stereocenters. The third kappa shape index (κ3) is 6.28. The fourth-order valence-corrected chi connectivity index (χ4v) is 4.25. The number of hydrogen-bond donors (Lipinski definition) is 5. The van der Waals surface area contributed by atoms with Gasteiger partial charge in [-0.3, -0.25) is 9.59 Å². The number of carbonyl (C=O) groups is 2. The van der Waals surface area contributed by atoms with Crippen molar-refractivity contribution in [2.75, 3.05) is 10.6 Å². The van der Waals surface area contributed by atoms with E-state index in [9.17, 15) is 14.7 Å². The van der Waals surface area contributed by atoms with Gasteiger partial charge in [-0.2, -0.15) is 4.98 Å². The van der Waals surface area contributed by atoms with Gasteiger partial charge in [-0.1, -0.05) is 12.8 Å². The quantitative estimate of drug-likeness (QED) is 0.453. The van der Waals surface area contributed by atoms with Crippen molar-refractivity contribution in [2.45, 2.75) is 88.9 Å². The Morgan fingerprint density at radius 2 is 1.72 bits per heavy atom.